The lowest BCUT2D eigenvalue weighted by Crippen LogP contribution is -2.30. The number of nitrogens with zero attached hydrogens (tertiary/aromatic N) is 1. The SMILES string of the molecule is Cc1c(CC(C)(C)OCC(=O)O)c(-c2ccc(Cl)cc2)c2ccccc2c1-c1ccc(N)nc1. The van der Waals surface area contributed by atoms with Gasteiger partial charge in [-0.15, -0.1) is 0 Å². The molecule has 0 amide bonds. The summed E-state index contributed by atoms with van der Waals surface area (Å²) >= 11 is 6.19. The first-order chi connectivity index (χ1) is 16.2. The Balaban J connectivity index is 2.02. The van der Waals surface area contributed by atoms with Gasteiger partial charge in [0.15, 0.2) is 0 Å². The van der Waals surface area contributed by atoms with Crippen molar-refractivity contribution < 1.29 is 14.6 Å². The minimum absolute atomic E-state index is 0.357. The van der Waals surface area contributed by atoms with Crippen LogP contribution in [-0.4, -0.2) is 28.3 Å². The summed E-state index contributed by atoms with van der Waals surface area (Å²) in [6.45, 7) is 5.58. The van der Waals surface area contributed by atoms with Crippen molar-refractivity contribution in [2.45, 2.75) is 32.8 Å². The largest absolute Gasteiger partial charge is 0.480 e. The Kier molecular flexibility index (Phi) is 6.60. The molecule has 0 spiro atoms. The molecule has 34 heavy (non-hydrogen) atoms. The van der Waals surface area contributed by atoms with Crippen molar-refractivity contribution in [2.24, 2.45) is 0 Å². The molecule has 0 saturated carbocycles. The number of hydrogen-bond acceptors (Lipinski definition) is 4. The summed E-state index contributed by atoms with van der Waals surface area (Å²) in [5.74, 6) is -0.526. The van der Waals surface area contributed by atoms with Crippen LogP contribution in [-0.2, 0) is 16.0 Å². The number of carboxylic acids is 1. The second-order valence-electron chi connectivity index (χ2n) is 9.00. The molecule has 4 aromatic rings. The van der Waals surface area contributed by atoms with Crippen molar-refractivity contribution in [2.75, 3.05) is 12.3 Å². The predicted octanol–water partition coefficient (Wildman–Crippen LogP) is 6.54. The average molecular weight is 475 g/mol. The first-order valence-electron chi connectivity index (χ1n) is 11.0. The number of halogens is 1. The van der Waals surface area contributed by atoms with Gasteiger partial charge in [-0.25, -0.2) is 9.78 Å². The number of carbonyl (C=O) groups is 1. The molecule has 1 heterocycles. The van der Waals surface area contributed by atoms with Gasteiger partial charge in [0.25, 0.3) is 0 Å². The molecule has 3 N–H and O–H groups in total. The fourth-order valence-electron chi connectivity index (χ4n) is 4.45. The van der Waals surface area contributed by atoms with Crippen molar-refractivity contribution in [3.05, 3.63) is 83.0 Å². The molecule has 0 saturated heterocycles. The number of ether oxygens (including phenoxy) is 1. The summed E-state index contributed by atoms with van der Waals surface area (Å²) in [5, 5.41) is 12.0. The van der Waals surface area contributed by atoms with Crippen molar-refractivity contribution in [3.63, 3.8) is 0 Å². The number of fused-ring (bicyclic) bond motifs is 1. The first-order valence-corrected chi connectivity index (χ1v) is 11.4. The van der Waals surface area contributed by atoms with E-state index in [-0.39, 0.29) is 6.61 Å². The molecule has 0 aliphatic rings. The second kappa shape index (κ2) is 9.45. The van der Waals surface area contributed by atoms with Gasteiger partial charge in [0, 0.05) is 23.2 Å². The van der Waals surface area contributed by atoms with E-state index in [1.807, 2.05) is 56.3 Å². The number of aromatic nitrogens is 1. The van der Waals surface area contributed by atoms with Crippen molar-refractivity contribution in [3.8, 4) is 22.3 Å². The highest BCUT2D eigenvalue weighted by molar-refractivity contribution is 6.30. The van der Waals surface area contributed by atoms with E-state index < -0.39 is 11.6 Å². The van der Waals surface area contributed by atoms with Gasteiger partial charge in [0.2, 0.25) is 0 Å². The minimum Gasteiger partial charge on any atom is -0.480 e. The van der Waals surface area contributed by atoms with Crippen LogP contribution in [0.3, 0.4) is 0 Å². The number of nitrogens with two attached hydrogens (primary N) is 1. The number of pyridine rings is 1. The molecule has 0 atom stereocenters. The maximum Gasteiger partial charge on any atom is 0.329 e. The normalized spacial score (nSPS) is 11.6. The Hall–Kier alpha value is -3.41. The molecule has 1 aromatic heterocycles. The Morgan fingerprint density at radius 3 is 2.21 bits per heavy atom. The Labute approximate surface area is 204 Å². The zero-order valence-electron chi connectivity index (χ0n) is 19.4. The van der Waals surface area contributed by atoms with Crippen LogP contribution in [0.4, 0.5) is 5.82 Å². The predicted molar refractivity (Wildman–Crippen MR) is 138 cm³/mol. The molecule has 0 radical (unpaired) electrons. The smallest absolute Gasteiger partial charge is 0.329 e. The quantitative estimate of drug-likeness (QED) is 0.318. The third kappa shape index (κ3) is 4.91. The van der Waals surface area contributed by atoms with E-state index >= 15 is 0 Å². The van der Waals surface area contributed by atoms with Crippen molar-refractivity contribution in [1.29, 1.82) is 0 Å². The minimum atomic E-state index is -0.991. The van der Waals surface area contributed by atoms with Crippen molar-refractivity contribution >= 4 is 34.2 Å². The molecule has 0 unspecified atom stereocenters. The second-order valence-corrected chi connectivity index (χ2v) is 9.43. The Bertz CT molecular complexity index is 1350. The van der Waals surface area contributed by atoms with Gasteiger partial charge in [-0.1, -0.05) is 48.0 Å². The van der Waals surface area contributed by atoms with Crippen LogP contribution < -0.4 is 5.73 Å². The van der Waals surface area contributed by atoms with Gasteiger partial charge in [-0.2, -0.15) is 0 Å². The summed E-state index contributed by atoms with van der Waals surface area (Å²) in [6.07, 6.45) is 2.31. The molecule has 0 aliphatic heterocycles. The van der Waals surface area contributed by atoms with E-state index in [1.165, 1.54) is 0 Å². The van der Waals surface area contributed by atoms with E-state index in [9.17, 15) is 4.79 Å². The molecule has 6 heteroatoms. The maximum atomic E-state index is 11.2. The third-order valence-electron chi connectivity index (χ3n) is 5.99. The van der Waals surface area contributed by atoms with E-state index in [2.05, 4.69) is 24.0 Å². The number of carboxylic acid groups (broad SMARTS) is 1. The monoisotopic (exact) mass is 474 g/mol. The molecule has 3 aromatic carbocycles. The summed E-state index contributed by atoms with van der Waals surface area (Å²) in [4.78, 5) is 15.5. The first kappa shape index (κ1) is 23.7. The number of rotatable bonds is 7. The van der Waals surface area contributed by atoms with Crippen LogP contribution in [0.5, 0.6) is 0 Å². The van der Waals surface area contributed by atoms with Gasteiger partial charge in [0.05, 0.1) is 5.60 Å². The highest BCUT2D eigenvalue weighted by Gasteiger charge is 2.27. The van der Waals surface area contributed by atoms with E-state index in [0.29, 0.717) is 17.3 Å². The van der Waals surface area contributed by atoms with Crippen LogP contribution in [0.25, 0.3) is 33.0 Å². The molecule has 0 aliphatic carbocycles. The van der Waals surface area contributed by atoms with E-state index in [0.717, 1.165) is 44.2 Å². The average Bonchev–Trinajstić information content (AvgIpc) is 2.80. The van der Waals surface area contributed by atoms with Crippen molar-refractivity contribution in [1.82, 2.24) is 4.98 Å². The Morgan fingerprint density at radius 1 is 1.00 bits per heavy atom. The zero-order valence-corrected chi connectivity index (χ0v) is 20.2. The van der Waals surface area contributed by atoms with E-state index in [4.69, 9.17) is 27.2 Å². The number of nitrogen functional groups attached to an aromatic ring is 1. The molecule has 0 fully saturated rings. The summed E-state index contributed by atoms with van der Waals surface area (Å²) in [5.41, 5.74) is 11.5. The van der Waals surface area contributed by atoms with Crippen LogP contribution in [0.15, 0.2) is 66.9 Å². The van der Waals surface area contributed by atoms with E-state index in [1.54, 1.807) is 12.3 Å². The summed E-state index contributed by atoms with van der Waals surface area (Å²) in [7, 11) is 0. The Morgan fingerprint density at radius 2 is 1.62 bits per heavy atom. The lowest BCUT2D eigenvalue weighted by molar-refractivity contribution is -0.148. The van der Waals surface area contributed by atoms with Crippen LogP contribution in [0, 0.1) is 6.92 Å². The molecular formula is C28H27ClN2O3. The number of aliphatic carboxylic acids is 1. The van der Waals surface area contributed by atoms with Gasteiger partial charge in [-0.05, 0) is 83.6 Å². The lowest BCUT2D eigenvalue weighted by Gasteiger charge is -2.29. The maximum absolute atomic E-state index is 11.2. The molecular weight excluding hydrogens is 448 g/mol. The molecule has 5 nitrogen and oxygen atoms in total. The standard InChI is InChI=1S/C28H27ClN2O3/c1-17-23(14-28(2,3)34-16-25(32)33)27(18-8-11-20(29)12-9-18)22-7-5-4-6-21(22)26(17)19-10-13-24(30)31-15-19/h4-13,15H,14,16H2,1-3H3,(H2,30,31)(H,32,33). The number of hydrogen-bond donors (Lipinski definition) is 2. The number of benzene rings is 3. The highest BCUT2D eigenvalue weighted by Crippen LogP contribution is 2.43. The van der Waals surface area contributed by atoms with Gasteiger partial charge in [-0.3, -0.25) is 0 Å². The summed E-state index contributed by atoms with van der Waals surface area (Å²) in [6, 6.07) is 19.9. The van der Waals surface area contributed by atoms with Gasteiger partial charge < -0.3 is 15.6 Å². The fourth-order valence-corrected chi connectivity index (χ4v) is 4.57. The van der Waals surface area contributed by atoms with Gasteiger partial charge in [0.1, 0.15) is 12.4 Å². The highest BCUT2D eigenvalue weighted by atomic mass is 35.5. The molecule has 4 rings (SSSR count). The third-order valence-corrected chi connectivity index (χ3v) is 6.24. The van der Waals surface area contributed by atoms with Gasteiger partial charge >= 0.3 is 5.97 Å². The van der Waals surface area contributed by atoms with Crippen LogP contribution in [0.2, 0.25) is 5.02 Å². The molecule has 0 bridgehead atoms. The fraction of sp³-hybridized carbons (Fsp3) is 0.214. The topological polar surface area (TPSA) is 85.4 Å². The zero-order chi connectivity index (χ0) is 24.5. The molecule has 174 valence electrons. The van der Waals surface area contributed by atoms with Crippen LogP contribution in [0.1, 0.15) is 25.0 Å². The van der Waals surface area contributed by atoms with Crippen LogP contribution >= 0.6 is 11.6 Å². The summed E-state index contributed by atoms with van der Waals surface area (Å²) < 4.78 is 5.78. The lowest BCUT2D eigenvalue weighted by atomic mass is 9.81. The number of anilines is 1.